The largest absolute Gasteiger partial charge is 0.465 e. The van der Waals surface area contributed by atoms with E-state index in [9.17, 15) is 9.59 Å². The van der Waals surface area contributed by atoms with Gasteiger partial charge in [0.25, 0.3) is 0 Å². The number of ether oxygens (including phenoxy) is 1. The maximum Gasteiger partial charge on any atom is 0.339 e. The number of rotatable bonds is 2. The lowest BCUT2D eigenvalue weighted by Gasteiger charge is -1.97. The Morgan fingerprint density at radius 1 is 0.905 bits per heavy atom. The quantitative estimate of drug-likeness (QED) is 0.627. The predicted molar refractivity (Wildman–Crippen MR) is 79.3 cm³/mol. The molecule has 0 unspecified atom stereocenters. The fraction of sp³-hybridized carbons (Fsp3) is 0.250. The molecule has 0 radical (unpaired) electrons. The lowest BCUT2D eigenvalue weighted by atomic mass is 10.2. The van der Waals surface area contributed by atoms with Crippen LogP contribution in [-0.2, 0) is 4.74 Å². The van der Waals surface area contributed by atoms with Crippen LogP contribution in [0.3, 0.4) is 0 Å². The zero-order valence-electron chi connectivity index (χ0n) is 12.6. The molecule has 0 bridgehead atoms. The minimum atomic E-state index is -0.350. The molecule has 0 aliphatic rings. The monoisotopic (exact) mass is 286 g/mol. The number of hydrogen-bond donors (Lipinski definition) is 0. The number of nitrogens with zero attached hydrogens (tertiary/aromatic N) is 2. The van der Waals surface area contributed by atoms with E-state index in [1.54, 1.807) is 24.4 Å². The lowest BCUT2D eigenvalue weighted by molar-refractivity contribution is 0.0600. The zero-order chi connectivity index (χ0) is 15.8. The molecule has 0 aliphatic carbocycles. The van der Waals surface area contributed by atoms with Crippen LogP contribution < -0.4 is 0 Å². The molecule has 0 fully saturated rings. The summed E-state index contributed by atoms with van der Waals surface area (Å²) in [6, 6.07) is 7.07. The van der Waals surface area contributed by atoms with E-state index < -0.39 is 0 Å². The molecule has 5 nitrogen and oxygen atoms in total. The molecular weight excluding hydrogens is 268 g/mol. The van der Waals surface area contributed by atoms with Gasteiger partial charge in [-0.25, -0.2) is 4.79 Å². The highest BCUT2D eigenvalue weighted by atomic mass is 16.5. The maximum atomic E-state index is 10.9. The number of Topliss-reactive ketones (excluding diaryl/α,β-unsaturated/α-hetero) is 1. The molecule has 0 aliphatic heterocycles. The summed E-state index contributed by atoms with van der Waals surface area (Å²) >= 11 is 0. The van der Waals surface area contributed by atoms with Crippen molar-refractivity contribution in [3.05, 3.63) is 59.2 Å². The molecule has 0 amide bonds. The van der Waals surface area contributed by atoms with Gasteiger partial charge in [-0.05, 0) is 45.0 Å². The number of carbonyl (C=O) groups excluding carboxylic acids is 2. The van der Waals surface area contributed by atoms with Gasteiger partial charge >= 0.3 is 5.97 Å². The highest BCUT2D eigenvalue weighted by Crippen LogP contribution is 2.00. The molecule has 0 saturated carbocycles. The average molecular weight is 286 g/mol. The van der Waals surface area contributed by atoms with Crippen LogP contribution in [0.15, 0.2) is 36.7 Å². The Labute approximate surface area is 124 Å². The Bertz CT molecular complexity index is 604. The molecule has 0 spiro atoms. The molecule has 0 atom stereocenters. The first-order valence-electron chi connectivity index (χ1n) is 6.38. The molecule has 2 aromatic rings. The third-order valence-electron chi connectivity index (χ3n) is 2.65. The summed E-state index contributed by atoms with van der Waals surface area (Å²) in [5.41, 5.74) is 2.98. The summed E-state index contributed by atoms with van der Waals surface area (Å²) in [6.07, 6.45) is 3.10. The van der Waals surface area contributed by atoms with E-state index in [0.29, 0.717) is 11.1 Å². The Hall–Kier alpha value is -2.56. The number of methoxy groups -OCH3 is 1. The number of aromatic nitrogens is 2. The summed E-state index contributed by atoms with van der Waals surface area (Å²) < 4.78 is 4.50. The Morgan fingerprint density at radius 2 is 1.38 bits per heavy atom. The van der Waals surface area contributed by atoms with Gasteiger partial charge in [0.1, 0.15) is 0 Å². The number of aryl methyl sites for hydroxylation is 2. The predicted octanol–water partition coefficient (Wildman–Crippen LogP) is 2.77. The van der Waals surface area contributed by atoms with Crippen molar-refractivity contribution in [2.75, 3.05) is 7.11 Å². The van der Waals surface area contributed by atoms with Gasteiger partial charge in [-0.15, -0.1) is 0 Å². The summed E-state index contributed by atoms with van der Waals surface area (Å²) in [5.74, 6) is -0.287. The van der Waals surface area contributed by atoms with Crippen molar-refractivity contribution in [3.8, 4) is 0 Å². The minimum Gasteiger partial charge on any atom is -0.465 e. The number of carbonyl (C=O) groups is 2. The second-order valence-electron chi connectivity index (χ2n) is 4.42. The molecule has 0 aromatic carbocycles. The van der Waals surface area contributed by atoms with Crippen LogP contribution in [0, 0.1) is 13.8 Å². The molecule has 5 heteroatoms. The molecule has 2 heterocycles. The van der Waals surface area contributed by atoms with Crippen LogP contribution in [0.4, 0.5) is 0 Å². The van der Waals surface area contributed by atoms with Crippen LogP contribution >= 0.6 is 0 Å². The summed E-state index contributed by atoms with van der Waals surface area (Å²) in [4.78, 5) is 29.5. The van der Waals surface area contributed by atoms with E-state index in [0.717, 1.165) is 11.4 Å². The van der Waals surface area contributed by atoms with Gasteiger partial charge in [-0.2, -0.15) is 0 Å². The Morgan fingerprint density at radius 3 is 1.71 bits per heavy atom. The van der Waals surface area contributed by atoms with E-state index in [4.69, 9.17) is 0 Å². The second-order valence-corrected chi connectivity index (χ2v) is 4.42. The Kier molecular flexibility index (Phi) is 6.20. The van der Waals surface area contributed by atoms with Gasteiger partial charge in [-0.1, -0.05) is 0 Å². The van der Waals surface area contributed by atoms with E-state index >= 15 is 0 Å². The fourth-order valence-corrected chi connectivity index (χ4v) is 1.38. The third kappa shape index (κ3) is 5.52. The second kappa shape index (κ2) is 7.89. The average Bonchev–Trinajstić information content (AvgIpc) is 2.48. The minimum absolute atomic E-state index is 0.0625. The number of pyridine rings is 2. The van der Waals surface area contributed by atoms with Crippen molar-refractivity contribution in [2.45, 2.75) is 20.8 Å². The normalized spacial score (nSPS) is 9.33. The summed E-state index contributed by atoms with van der Waals surface area (Å²) in [7, 11) is 1.35. The van der Waals surface area contributed by atoms with E-state index in [1.165, 1.54) is 20.2 Å². The Balaban J connectivity index is 0.000000211. The standard InChI is InChI=1S/C8H9NO2.C8H9NO/c1-6-3-4-7(5-9-6)8(10)11-2;1-6-3-4-8(5-9-6)7(2)10/h3-5H,1-2H3;3-5H,1-2H3. The molecule has 0 saturated heterocycles. The van der Waals surface area contributed by atoms with E-state index in [1.807, 2.05) is 19.9 Å². The van der Waals surface area contributed by atoms with Gasteiger partial charge in [0.2, 0.25) is 0 Å². The van der Waals surface area contributed by atoms with Crippen molar-refractivity contribution in [1.82, 2.24) is 9.97 Å². The van der Waals surface area contributed by atoms with Crippen molar-refractivity contribution < 1.29 is 14.3 Å². The number of ketones is 1. The summed E-state index contributed by atoms with van der Waals surface area (Å²) in [6.45, 7) is 5.29. The summed E-state index contributed by atoms with van der Waals surface area (Å²) in [5, 5.41) is 0. The zero-order valence-corrected chi connectivity index (χ0v) is 12.6. The van der Waals surface area contributed by atoms with Gasteiger partial charge in [0.05, 0.1) is 12.7 Å². The molecule has 110 valence electrons. The topological polar surface area (TPSA) is 69.2 Å². The highest BCUT2D eigenvalue weighted by Gasteiger charge is 2.03. The van der Waals surface area contributed by atoms with Crippen LogP contribution in [0.1, 0.15) is 39.0 Å². The van der Waals surface area contributed by atoms with Gasteiger partial charge in [0.15, 0.2) is 5.78 Å². The molecule has 21 heavy (non-hydrogen) atoms. The third-order valence-corrected chi connectivity index (χ3v) is 2.65. The smallest absolute Gasteiger partial charge is 0.339 e. The highest BCUT2D eigenvalue weighted by molar-refractivity contribution is 5.93. The maximum absolute atomic E-state index is 10.9. The number of esters is 1. The van der Waals surface area contributed by atoms with Gasteiger partial charge in [0, 0.05) is 29.3 Å². The van der Waals surface area contributed by atoms with Crippen LogP contribution in [-0.4, -0.2) is 28.8 Å². The van der Waals surface area contributed by atoms with Crippen LogP contribution in [0.5, 0.6) is 0 Å². The first-order valence-corrected chi connectivity index (χ1v) is 6.38. The van der Waals surface area contributed by atoms with Crippen molar-refractivity contribution in [2.24, 2.45) is 0 Å². The van der Waals surface area contributed by atoms with Gasteiger partial charge < -0.3 is 4.74 Å². The van der Waals surface area contributed by atoms with Gasteiger partial charge in [-0.3, -0.25) is 14.8 Å². The first kappa shape index (κ1) is 16.5. The lowest BCUT2D eigenvalue weighted by Crippen LogP contribution is -2.01. The molecule has 0 N–H and O–H groups in total. The molecular formula is C16H18N2O3. The fourth-order valence-electron chi connectivity index (χ4n) is 1.38. The van der Waals surface area contributed by atoms with Crippen molar-refractivity contribution >= 4 is 11.8 Å². The van der Waals surface area contributed by atoms with Crippen molar-refractivity contribution in [1.29, 1.82) is 0 Å². The van der Waals surface area contributed by atoms with Crippen molar-refractivity contribution in [3.63, 3.8) is 0 Å². The first-order chi connectivity index (χ1) is 9.93. The van der Waals surface area contributed by atoms with E-state index in [2.05, 4.69) is 14.7 Å². The molecule has 2 aromatic heterocycles. The van der Waals surface area contributed by atoms with Crippen LogP contribution in [0.25, 0.3) is 0 Å². The SMILES string of the molecule is CC(=O)c1ccc(C)nc1.COC(=O)c1ccc(C)nc1. The van der Waals surface area contributed by atoms with Crippen LogP contribution in [0.2, 0.25) is 0 Å². The molecule has 2 rings (SSSR count). The number of hydrogen-bond acceptors (Lipinski definition) is 5. The van der Waals surface area contributed by atoms with E-state index in [-0.39, 0.29) is 11.8 Å².